The van der Waals surface area contributed by atoms with Crippen molar-refractivity contribution in [1.82, 2.24) is 5.32 Å². The normalized spacial score (nSPS) is 24.7. The van der Waals surface area contributed by atoms with Crippen molar-refractivity contribution in [3.8, 4) is 0 Å². The van der Waals surface area contributed by atoms with E-state index in [1.807, 2.05) is 19.1 Å². The summed E-state index contributed by atoms with van der Waals surface area (Å²) in [6, 6.07) is 0. The van der Waals surface area contributed by atoms with E-state index in [0.717, 1.165) is 24.2 Å². The number of rotatable bonds is 6. The highest BCUT2D eigenvalue weighted by Gasteiger charge is 2.24. The minimum Gasteiger partial charge on any atom is -0.504 e. The second kappa shape index (κ2) is 7.91. The molecule has 4 nitrogen and oxygen atoms in total. The summed E-state index contributed by atoms with van der Waals surface area (Å²) >= 11 is 0. The van der Waals surface area contributed by atoms with Crippen molar-refractivity contribution in [2.45, 2.75) is 45.1 Å². The van der Waals surface area contributed by atoms with Crippen molar-refractivity contribution in [2.24, 2.45) is 5.92 Å². The molecule has 0 radical (unpaired) electrons. The standard InChI is InChI=1S/C17H25NO3/c1-13(21-16-7-3-4-8-16)10-14(6-5-9-20-2)15-11-17(19)18-12-15/h5-6,9-10,15-16H,3-4,7-8,11-12H2,1-2H3,(H,18,19)/b9-5+,13-10+,14-6+/t15-/m0/s1. The van der Waals surface area contributed by atoms with Gasteiger partial charge in [0, 0.05) is 18.9 Å². The summed E-state index contributed by atoms with van der Waals surface area (Å²) < 4.78 is 10.9. The zero-order valence-corrected chi connectivity index (χ0v) is 12.9. The van der Waals surface area contributed by atoms with Gasteiger partial charge in [0.15, 0.2) is 0 Å². The van der Waals surface area contributed by atoms with Crippen LogP contribution in [-0.2, 0) is 14.3 Å². The number of nitrogens with one attached hydrogen (secondary N) is 1. The van der Waals surface area contributed by atoms with Gasteiger partial charge in [0.2, 0.25) is 5.91 Å². The molecule has 0 aromatic heterocycles. The first-order chi connectivity index (χ1) is 10.2. The van der Waals surface area contributed by atoms with Crippen LogP contribution in [0.15, 0.2) is 35.8 Å². The van der Waals surface area contributed by atoms with Crippen LogP contribution < -0.4 is 5.32 Å². The zero-order chi connectivity index (χ0) is 15.1. The van der Waals surface area contributed by atoms with Crippen LogP contribution in [0.3, 0.4) is 0 Å². The first kappa shape index (κ1) is 15.7. The second-order valence-corrected chi connectivity index (χ2v) is 5.72. The molecule has 0 spiro atoms. The van der Waals surface area contributed by atoms with Gasteiger partial charge < -0.3 is 14.8 Å². The Bertz CT molecular complexity index is 445. The lowest BCUT2D eigenvalue weighted by molar-refractivity contribution is -0.119. The molecule has 1 aliphatic carbocycles. The van der Waals surface area contributed by atoms with Crippen LogP contribution >= 0.6 is 0 Å². The van der Waals surface area contributed by atoms with Crippen molar-refractivity contribution >= 4 is 5.91 Å². The van der Waals surface area contributed by atoms with E-state index < -0.39 is 0 Å². The Labute approximate surface area is 126 Å². The van der Waals surface area contributed by atoms with Crippen molar-refractivity contribution in [3.05, 3.63) is 35.8 Å². The SMILES string of the molecule is CO/C=C/C=C(\C=C(/C)OC1CCCC1)[C@@H]1CNC(=O)C1. The number of ether oxygens (including phenoxy) is 2. The van der Waals surface area contributed by atoms with E-state index in [2.05, 4.69) is 11.4 Å². The Morgan fingerprint density at radius 3 is 2.71 bits per heavy atom. The van der Waals surface area contributed by atoms with Crippen LogP contribution in [-0.4, -0.2) is 25.7 Å². The molecule has 2 aliphatic rings. The van der Waals surface area contributed by atoms with Crippen molar-refractivity contribution < 1.29 is 14.3 Å². The van der Waals surface area contributed by atoms with Gasteiger partial charge >= 0.3 is 0 Å². The maximum absolute atomic E-state index is 11.4. The van der Waals surface area contributed by atoms with E-state index in [1.165, 1.54) is 12.8 Å². The van der Waals surface area contributed by atoms with Gasteiger partial charge in [-0.25, -0.2) is 0 Å². The lowest BCUT2D eigenvalue weighted by Gasteiger charge is -2.15. The Morgan fingerprint density at radius 2 is 2.10 bits per heavy atom. The molecule has 0 aromatic carbocycles. The fraction of sp³-hybridized carbons (Fsp3) is 0.588. The predicted molar refractivity (Wildman–Crippen MR) is 82.4 cm³/mol. The highest BCUT2D eigenvalue weighted by Crippen LogP contribution is 2.26. The van der Waals surface area contributed by atoms with Gasteiger partial charge in [-0.3, -0.25) is 4.79 Å². The largest absolute Gasteiger partial charge is 0.504 e. The van der Waals surface area contributed by atoms with Crippen LogP contribution in [0.1, 0.15) is 39.0 Å². The summed E-state index contributed by atoms with van der Waals surface area (Å²) in [5.74, 6) is 1.25. The molecule has 1 N–H and O–H groups in total. The average Bonchev–Trinajstić information content (AvgIpc) is 3.09. The van der Waals surface area contributed by atoms with E-state index in [0.29, 0.717) is 19.1 Å². The number of amides is 1. The number of hydrogen-bond acceptors (Lipinski definition) is 3. The molecular formula is C17H25NO3. The summed E-state index contributed by atoms with van der Waals surface area (Å²) in [7, 11) is 1.62. The summed E-state index contributed by atoms with van der Waals surface area (Å²) in [5, 5.41) is 2.88. The zero-order valence-electron chi connectivity index (χ0n) is 12.9. The maximum atomic E-state index is 11.4. The molecule has 1 saturated carbocycles. The molecule has 1 amide bonds. The number of hydrogen-bond donors (Lipinski definition) is 1. The van der Waals surface area contributed by atoms with Gasteiger partial charge in [-0.05, 0) is 50.3 Å². The van der Waals surface area contributed by atoms with Crippen LogP contribution in [0.25, 0.3) is 0 Å². The third-order valence-corrected chi connectivity index (χ3v) is 3.98. The van der Waals surface area contributed by atoms with Gasteiger partial charge in [-0.2, -0.15) is 0 Å². The summed E-state index contributed by atoms with van der Waals surface area (Å²) in [6.45, 7) is 2.69. The third kappa shape index (κ3) is 4.96. The lowest BCUT2D eigenvalue weighted by Crippen LogP contribution is -2.14. The van der Waals surface area contributed by atoms with Gasteiger partial charge in [0.1, 0.15) is 0 Å². The molecule has 4 heteroatoms. The first-order valence-corrected chi connectivity index (χ1v) is 7.70. The highest BCUT2D eigenvalue weighted by atomic mass is 16.5. The quantitative estimate of drug-likeness (QED) is 0.604. The molecule has 0 unspecified atom stereocenters. The molecule has 0 aromatic rings. The van der Waals surface area contributed by atoms with Crippen molar-refractivity contribution in [2.75, 3.05) is 13.7 Å². The van der Waals surface area contributed by atoms with Crippen LogP contribution in [0.2, 0.25) is 0 Å². The fourth-order valence-electron chi connectivity index (χ4n) is 2.91. The Kier molecular flexibility index (Phi) is 5.90. The Morgan fingerprint density at radius 1 is 1.33 bits per heavy atom. The van der Waals surface area contributed by atoms with E-state index >= 15 is 0 Å². The van der Waals surface area contributed by atoms with Gasteiger partial charge in [-0.15, -0.1) is 0 Å². The van der Waals surface area contributed by atoms with Crippen LogP contribution in [0.4, 0.5) is 0 Å². The van der Waals surface area contributed by atoms with E-state index in [1.54, 1.807) is 13.4 Å². The maximum Gasteiger partial charge on any atom is 0.220 e. The van der Waals surface area contributed by atoms with Gasteiger partial charge in [0.05, 0.1) is 25.2 Å². The number of allylic oxidation sites excluding steroid dienone is 4. The predicted octanol–water partition coefficient (Wildman–Crippen LogP) is 3.07. The molecule has 21 heavy (non-hydrogen) atoms. The summed E-state index contributed by atoms with van der Waals surface area (Å²) in [5.41, 5.74) is 1.11. The van der Waals surface area contributed by atoms with Crippen LogP contribution in [0, 0.1) is 5.92 Å². The minimum absolute atomic E-state index is 0.115. The summed E-state index contributed by atoms with van der Waals surface area (Å²) in [6.07, 6.45) is 13.3. The summed E-state index contributed by atoms with van der Waals surface area (Å²) in [4.78, 5) is 11.4. The topological polar surface area (TPSA) is 47.6 Å². The number of carbonyl (C=O) groups is 1. The van der Waals surface area contributed by atoms with Crippen molar-refractivity contribution in [1.29, 1.82) is 0 Å². The molecule has 1 atom stereocenters. The molecule has 1 saturated heterocycles. The molecule has 1 heterocycles. The molecule has 1 aliphatic heterocycles. The van der Waals surface area contributed by atoms with E-state index in [9.17, 15) is 4.79 Å². The molecule has 116 valence electrons. The lowest BCUT2D eigenvalue weighted by atomic mass is 9.97. The fourth-order valence-corrected chi connectivity index (χ4v) is 2.91. The average molecular weight is 291 g/mol. The number of methoxy groups -OCH3 is 1. The molecule has 0 bridgehead atoms. The number of carbonyl (C=O) groups excluding carboxylic acids is 1. The van der Waals surface area contributed by atoms with Crippen LogP contribution in [0.5, 0.6) is 0 Å². The van der Waals surface area contributed by atoms with Crippen molar-refractivity contribution in [3.63, 3.8) is 0 Å². The molecule has 2 fully saturated rings. The smallest absolute Gasteiger partial charge is 0.220 e. The first-order valence-electron chi connectivity index (χ1n) is 7.70. The van der Waals surface area contributed by atoms with Gasteiger partial charge in [0.25, 0.3) is 0 Å². The van der Waals surface area contributed by atoms with Gasteiger partial charge in [-0.1, -0.05) is 6.08 Å². The Hall–Kier alpha value is -1.71. The highest BCUT2D eigenvalue weighted by molar-refractivity contribution is 5.79. The third-order valence-electron chi connectivity index (χ3n) is 3.98. The molecular weight excluding hydrogens is 266 g/mol. The van der Waals surface area contributed by atoms with E-state index in [4.69, 9.17) is 9.47 Å². The molecule has 2 rings (SSSR count). The second-order valence-electron chi connectivity index (χ2n) is 5.72. The Balaban J connectivity index is 2.04. The minimum atomic E-state index is 0.115. The monoisotopic (exact) mass is 291 g/mol. The van der Waals surface area contributed by atoms with E-state index in [-0.39, 0.29) is 11.8 Å².